The Balaban J connectivity index is 2.97. The number of aromatic nitrogens is 2. The lowest BCUT2D eigenvalue weighted by molar-refractivity contribution is -0.385. The SMILES string of the molecule is CCCc1[nH]nc(C(=O)N(C)CCC(=O)O)c1[N+](=O)[O-]. The zero-order valence-corrected chi connectivity index (χ0v) is 11.3. The molecular formula is C11H16N4O5. The van der Waals surface area contributed by atoms with Crippen LogP contribution >= 0.6 is 0 Å². The van der Waals surface area contributed by atoms with E-state index in [4.69, 9.17) is 5.11 Å². The monoisotopic (exact) mass is 284 g/mol. The summed E-state index contributed by atoms with van der Waals surface area (Å²) in [6.07, 6.45) is 0.850. The van der Waals surface area contributed by atoms with Crippen LogP contribution in [0.15, 0.2) is 0 Å². The van der Waals surface area contributed by atoms with Crippen molar-refractivity contribution in [1.82, 2.24) is 15.1 Å². The molecule has 2 N–H and O–H groups in total. The summed E-state index contributed by atoms with van der Waals surface area (Å²) in [5.74, 6) is -1.72. The van der Waals surface area contributed by atoms with E-state index in [-0.39, 0.29) is 24.3 Å². The van der Waals surface area contributed by atoms with Crippen LogP contribution in [0.2, 0.25) is 0 Å². The number of carboxylic acid groups (broad SMARTS) is 1. The molecule has 0 radical (unpaired) electrons. The number of carboxylic acids is 1. The normalized spacial score (nSPS) is 10.3. The number of rotatable bonds is 7. The van der Waals surface area contributed by atoms with Crippen LogP contribution in [-0.4, -0.2) is 50.6 Å². The zero-order valence-electron chi connectivity index (χ0n) is 11.3. The van der Waals surface area contributed by atoms with E-state index < -0.39 is 16.8 Å². The molecule has 0 aliphatic heterocycles. The minimum absolute atomic E-state index is 0.0404. The third-order valence-electron chi connectivity index (χ3n) is 2.71. The molecule has 1 aromatic rings. The van der Waals surface area contributed by atoms with E-state index in [0.717, 1.165) is 4.90 Å². The van der Waals surface area contributed by atoms with Crippen LogP contribution in [0.5, 0.6) is 0 Å². The van der Waals surface area contributed by atoms with E-state index in [1.54, 1.807) is 0 Å². The average Bonchev–Trinajstić information content (AvgIpc) is 2.79. The van der Waals surface area contributed by atoms with Crippen LogP contribution in [0.1, 0.15) is 35.9 Å². The lowest BCUT2D eigenvalue weighted by Crippen LogP contribution is -2.29. The fourth-order valence-electron chi connectivity index (χ4n) is 1.69. The molecular weight excluding hydrogens is 268 g/mol. The van der Waals surface area contributed by atoms with E-state index in [1.165, 1.54) is 7.05 Å². The van der Waals surface area contributed by atoms with Gasteiger partial charge in [-0.05, 0) is 6.42 Å². The van der Waals surface area contributed by atoms with Gasteiger partial charge in [-0.15, -0.1) is 0 Å². The second kappa shape index (κ2) is 6.64. The predicted octanol–water partition coefficient (Wildman–Crippen LogP) is 0.817. The first-order chi connectivity index (χ1) is 9.38. The van der Waals surface area contributed by atoms with E-state index in [1.807, 2.05) is 6.92 Å². The zero-order chi connectivity index (χ0) is 15.3. The highest BCUT2D eigenvalue weighted by Gasteiger charge is 2.30. The molecule has 0 spiro atoms. The number of aryl methyl sites for hydroxylation is 1. The molecule has 0 aliphatic rings. The Hall–Kier alpha value is -2.45. The third kappa shape index (κ3) is 3.53. The molecule has 0 saturated heterocycles. The Morgan fingerprint density at radius 1 is 1.50 bits per heavy atom. The molecule has 1 amide bonds. The van der Waals surface area contributed by atoms with Crippen molar-refractivity contribution in [1.29, 1.82) is 0 Å². The quantitative estimate of drug-likeness (QED) is 0.563. The highest BCUT2D eigenvalue weighted by atomic mass is 16.6. The molecule has 0 fully saturated rings. The number of amides is 1. The number of nitrogens with zero attached hydrogens (tertiary/aromatic N) is 3. The number of aliphatic carboxylic acids is 1. The van der Waals surface area contributed by atoms with Crippen molar-refractivity contribution in [3.63, 3.8) is 0 Å². The fourth-order valence-corrected chi connectivity index (χ4v) is 1.69. The highest BCUT2D eigenvalue weighted by Crippen LogP contribution is 2.23. The summed E-state index contributed by atoms with van der Waals surface area (Å²) in [6, 6.07) is 0. The van der Waals surface area contributed by atoms with E-state index in [0.29, 0.717) is 18.5 Å². The maximum absolute atomic E-state index is 12.0. The topological polar surface area (TPSA) is 129 Å². The molecule has 1 aromatic heterocycles. The van der Waals surface area contributed by atoms with Gasteiger partial charge in [0, 0.05) is 13.6 Å². The second-order valence-electron chi connectivity index (χ2n) is 4.28. The fraction of sp³-hybridized carbons (Fsp3) is 0.545. The largest absolute Gasteiger partial charge is 0.481 e. The Kier molecular flexibility index (Phi) is 5.18. The van der Waals surface area contributed by atoms with E-state index in [2.05, 4.69) is 10.2 Å². The van der Waals surface area contributed by atoms with Gasteiger partial charge in [-0.25, -0.2) is 0 Å². The number of carbonyl (C=O) groups excluding carboxylic acids is 1. The summed E-state index contributed by atoms with van der Waals surface area (Å²) in [6.45, 7) is 1.81. The van der Waals surface area contributed by atoms with E-state index >= 15 is 0 Å². The Bertz CT molecular complexity index is 525. The number of hydrogen-bond donors (Lipinski definition) is 2. The second-order valence-corrected chi connectivity index (χ2v) is 4.28. The van der Waals surface area contributed by atoms with Crippen LogP contribution in [0.25, 0.3) is 0 Å². The van der Waals surface area contributed by atoms with E-state index in [9.17, 15) is 19.7 Å². The maximum atomic E-state index is 12.0. The number of carbonyl (C=O) groups is 2. The van der Waals surface area contributed by atoms with Crippen molar-refractivity contribution in [2.24, 2.45) is 0 Å². The Morgan fingerprint density at radius 2 is 2.15 bits per heavy atom. The van der Waals surface area contributed by atoms with Crippen molar-refractivity contribution >= 4 is 17.6 Å². The summed E-state index contributed by atoms with van der Waals surface area (Å²) >= 11 is 0. The van der Waals surface area contributed by atoms with Gasteiger partial charge in [0.1, 0.15) is 5.69 Å². The summed E-state index contributed by atoms with van der Waals surface area (Å²) in [4.78, 5) is 34.0. The van der Waals surface area contributed by atoms with Gasteiger partial charge in [-0.1, -0.05) is 13.3 Å². The lowest BCUT2D eigenvalue weighted by atomic mass is 10.2. The van der Waals surface area contributed by atoms with Crippen LogP contribution in [0, 0.1) is 10.1 Å². The Morgan fingerprint density at radius 3 is 2.65 bits per heavy atom. The van der Waals surface area contributed by atoms with Crippen LogP contribution < -0.4 is 0 Å². The van der Waals surface area contributed by atoms with Gasteiger partial charge in [0.05, 0.1) is 11.3 Å². The third-order valence-corrected chi connectivity index (χ3v) is 2.71. The maximum Gasteiger partial charge on any atom is 0.322 e. The highest BCUT2D eigenvalue weighted by molar-refractivity contribution is 5.96. The molecule has 0 unspecified atom stereocenters. The molecule has 0 aromatic carbocycles. The van der Waals surface area contributed by atoms with Crippen molar-refractivity contribution in [3.05, 3.63) is 21.5 Å². The molecule has 1 heterocycles. The molecule has 1 rings (SSSR count). The van der Waals surface area contributed by atoms with Crippen LogP contribution in [0.4, 0.5) is 5.69 Å². The molecule has 110 valence electrons. The van der Waals surface area contributed by atoms with Crippen molar-refractivity contribution in [2.45, 2.75) is 26.2 Å². The standard InChI is InChI=1S/C11H16N4O5/c1-3-4-7-10(15(19)20)9(13-12-7)11(18)14(2)6-5-8(16)17/h3-6H2,1-2H3,(H,12,13)(H,16,17). The Labute approximate surface area is 114 Å². The van der Waals surface area contributed by atoms with Crippen molar-refractivity contribution < 1.29 is 19.6 Å². The van der Waals surface area contributed by atoms with Gasteiger partial charge in [0.25, 0.3) is 5.91 Å². The van der Waals surface area contributed by atoms with Gasteiger partial charge < -0.3 is 10.0 Å². The molecule has 9 nitrogen and oxygen atoms in total. The number of nitrogens with one attached hydrogen (secondary N) is 1. The lowest BCUT2D eigenvalue weighted by Gasteiger charge is -2.13. The molecule has 0 bridgehead atoms. The van der Waals surface area contributed by atoms with Crippen molar-refractivity contribution in [2.75, 3.05) is 13.6 Å². The van der Waals surface area contributed by atoms with Gasteiger partial charge in [0.15, 0.2) is 0 Å². The smallest absolute Gasteiger partial charge is 0.322 e. The number of aromatic amines is 1. The summed E-state index contributed by atoms with van der Waals surface area (Å²) < 4.78 is 0. The first kappa shape index (κ1) is 15.6. The van der Waals surface area contributed by atoms with Gasteiger partial charge >= 0.3 is 11.7 Å². The molecule has 0 saturated carbocycles. The summed E-state index contributed by atoms with van der Waals surface area (Å²) in [5, 5.41) is 25.8. The van der Waals surface area contributed by atoms with Crippen LogP contribution in [0.3, 0.4) is 0 Å². The predicted molar refractivity (Wildman–Crippen MR) is 68.5 cm³/mol. The molecule has 20 heavy (non-hydrogen) atoms. The number of H-pyrrole nitrogens is 1. The van der Waals surface area contributed by atoms with Crippen molar-refractivity contribution in [3.8, 4) is 0 Å². The average molecular weight is 284 g/mol. The number of nitro groups is 1. The molecule has 0 aliphatic carbocycles. The minimum atomic E-state index is -1.05. The summed E-state index contributed by atoms with van der Waals surface area (Å²) in [5.41, 5.74) is -0.321. The van der Waals surface area contributed by atoms with Gasteiger partial charge in [-0.3, -0.25) is 24.8 Å². The molecule has 0 atom stereocenters. The van der Waals surface area contributed by atoms with Gasteiger partial charge in [0.2, 0.25) is 5.69 Å². The van der Waals surface area contributed by atoms with Gasteiger partial charge in [-0.2, -0.15) is 5.10 Å². The molecule has 9 heteroatoms. The first-order valence-electron chi connectivity index (χ1n) is 6.07. The number of hydrogen-bond acceptors (Lipinski definition) is 5. The minimum Gasteiger partial charge on any atom is -0.481 e. The summed E-state index contributed by atoms with van der Waals surface area (Å²) in [7, 11) is 1.38. The van der Waals surface area contributed by atoms with Crippen LogP contribution in [-0.2, 0) is 11.2 Å². The first-order valence-corrected chi connectivity index (χ1v) is 6.07.